The van der Waals surface area contributed by atoms with Crippen LogP contribution in [-0.4, -0.2) is 161 Å². The Morgan fingerprint density at radius 1 is 0.422 bits per heavy atom. The standard InChI is InChI=1S/C68H88N10O12/c1-39(69-9)59(79)75-57(67(3,4)5)65(85)77-37-47(35-53(77)63(83)73-55(41-19-27-49(87-11)28-20-41)42-21-29-50(88-12)30-22-42)71-61(81)45-15-17-46(18-16-45)62(82)72-48-36-54(78(38-48)66(86)58(68(6,7)8)76-60(80)40(2)70-10)64(84)74-56(43-23-31-51(89-13)32-24-43)44-25-33-52(90-14)34-26-44/h15-34,39-40,47-48,53-58,69-70H,35-38H2,1-14H3,(H,71,81)(H,72,82)(H,73,83)(H,74,84)(H,75,79)(H,76,80)/t39-,40-,47-,48-,53-,54-,57+,58+/m0/s1. The van der Waals surface area contributed by atoms with Gasteiger partial charge in [-0.25, -0.2) is 0 Å². The normalized spacial score (nSPS) is 17.9. The molecule has 22 heteroatoms. The van der Waals surface area contributed by atoms with Crippen molar-refractivity contribution in [1.82, 2.24) is 52.3 Å². The Morgan fingerprint density at radius 3 is 0.922 bits per heavy atom. The van der Waals surface area contributed by atoms with Crippen LogP contribution in [0.2, 0.25) is 0 Å². The Labute approximate surface area is 527 Å². The second kappa shape index (κ2) is 30.0. The molecule has 482 valence electrons. The lowest BCUT2D eigenvalue weighted by molar-refractivity contribution is -0.144. The van der Waals surface area contributed by atoms with Crippen LogP contribution < -0.4 is 61.5 Å². The average Bonchev–Trinajstić information content (AvgIpc) is 1.64. The lowest BCUT2D eigenvalue weighted by atomic mass is 9.85. The third-order valence-electron chi connectivity index (χ3n) is 16.7. The van der Waals surface area contributed by atoms with Crippen molar-refractivity contribution in [3.8, 4) is 23.0 Å². The number of likely N-dealkylation sites (N-methyl/N-ethyl adjacent to an activating group) is 2. The van der Waals surface area contributed by atoms with Gasteiger partial charge < -0.3 is 71.3 Å². The summed E-state index contributed by atoms with van der Waals surface area (Å²) in [5.74, 6) is -1.45. The first-order valence-electron chi connectivity index (χ1n) is 30.2. The lowest BCUT2D eigenvalue weighted by Crippen LogP contribution is -2.59. The third-order valence-corrected chi connectivity index (χ3v) is 16.7. The van der Waals surface area contributed by atoms with Crippen LogP contribution in [0.1, 0.15) is 123 Å². The van der Waals surface area contributed by atoms with Gasteiger partial charge in [0.15, 0.2) is 0 Å². The summed E-state index contributed by atoms with van der Waals surface area (Å²) in [5.41, 5.74) is 1.65. The summed E-state index contributed by atoms with van der Waals surface area (Å²) in [7, 11) is 9.51. The number of amides is 8. The third kappa shape index (κ3) is 16.8. The molecule has 8 amide bonds. The van der Waals surface area contributed by atoms with E-state index >= 15 is 0 Å². The Bertz CT molecular complexity index is 3000. The predicted octanol–water partition coefficient (Wildman–Crippen LogP) is 5.21. The van der Waals surface area contributed by atoms with Gasteiger partial charge in [-0.3, -0.25) is 38.4 Å². The van der Waals surface area contributed by atoms with Gasteiger partial charge in [0.25, 0.3) is 11.8 Å². The molecule has 0 bridgehead atoms. The molecule has 2 saturated heterocycles. The highest BCUT2D eigenvalue weighted by atomic mass is 16.5. The molecule has 2 heterocycles. The Kier molecular flexibility index (Phi) is 22.8. The van der Waals surface area contributed by atoms with Crippen LogP contribution in [0.15, 0.2) is 121 Å². The number of methoxy groups -OCH3 is 4. The Morgan fingerprint density at radius 2 is 0.689 bits per heavy atom. The molecule has 0 radical (unpaired) electrons. The highest BCUT2D eigenvalue weighted by Gasteiger charge is 2.48. The summed E-state index contributed by atoms with van der Waals surface area (Å²) in [4.78, 5) is 118. The molecular weight excluding hydrogens is 1150 g/mol. The van der Waals surface area contributed by atoms with E-state index in [9.17, 15) is 38.4 Å². The Balaban J connectivity index is 1.12. The number of hydrogen-bond acceptors (Lipinski definition) is 14. The van der Waals surface area contributed by atoms with E-state index in [0.29, 0.717) is 23.0 Å². The number of likely N-dealkylation sites (tertiary alicyclic amines) is 2. The first-order valence-corrected chi connectivity index (χ1v) is 30.2. The largest absolute Gasteiger partial charge is 0.497 e. The van der Waals surface area contributed by atoms with E-state index < -0.39 is 119 Å². The topological polar surface area (TPSA) is 276 Å². The summed E-state index contributed by atoms with van der Waals surface area (Å²) in [6.07, 6.45) is 0.0297. The summed E-state index contributed by atoms with van der Waals surface area (Å²) < 4.78 is 21.7. The van der Waals surface area contributed by atoms with Gasteiger partial charge in [0.2, 0.25) is 35.4 Å². The first-order chi connectivity index (χ1) is 42.7. The summed E-state index contributed by atoms with van der Waals surface area (Å²) in [6.45, 7) is 14.1. The van der Waals surface area contributed by atoms with E-state index in [2.05, 4.69) is 42.5 Å². The zero-order valence-electron chi connectivity index (χ0n) is 53.9. The molecule has 22 nitrogen and oxygen atoms in total. The molecule has 2 aliphatic rings. The van der Waals surface area contributed by atoms with E-state index in [-0.39, 0.29) is 37.1 Å². The van der Waals surface area contributed by atoms with E-state index in [1.807, 2.05) is 90.1 Å². The summed E-state index contributed by atoms with van der Waals surface area (Å²) in [6, 6.07) is 26.4. The number of ether oxygens (including phenoxy) is 4. The SMILES string of the molecule is CN[C@@H](C)C(=O)N[C@H](C(=O)N1C[C@@H](NC(=O)c2ccc(C(=O)N[C@H]3C[C@@H](C(=O)NC(c4ccc(OC)cc4)c4ccc(OC)cc4)N(C(=O)[C@@H](NC(=O)[C@H](C)NC)C(C)(C)C)C3)cc2)C[C@H]1C(=O)NC(c1ccc(OC)cc1)c1ccc(OC)cc1)C(C)(C)C. The van der Waals surface area contributed by atoms with E-state index in [4.69, 9.17) is 18.9 Å². The van der Waals surface area contributed by atoms with Crippen molar-refractivity contribution in [1.29, 1.82) is 0 Å². The smallest absolute Gasteiger partial charge is 0.251 e. The summed E-state index contributed by atoms with van der Waals surface area (Å²) >= 11 is 0. The number of benzene rings is 5. The second-order valence-corrected chi connectivity index (χ2v) is 25.0. The lowest BCUT2D eigenvalue weighted by Gasteiger charge is -2.36. The van der Waals surface area contributed by atoms with Gasteiger partial charge in [0.1, 0.15) is 47.2 Å². The first kappa shape index (κ1) is 68.5. The van der Waals surface area contributed by atoms with Gasteiger partial charge in [-0.05, 0) is 147 Å². The molecule has 5 aromatic carbocycles. The number of carbonyl (C=O) groups excluding carboxylic acids is 8. The van der Waals surface area contributed by atoms with Crippen molar-refractivity contribution in [2.24, 2.45) is 10.8 Å². The minimum absolute atomic E-state index is 0.0148. The Hall–Kier alpha value is -9.02. The average molecular weight is 1240 g/mol. The van der Waals surface area contributed by atoms with Crippen LogP contribution in [0.3, 0.4) is 0 Å². The zero-order valence-corrected chi connectivity index (χ0v) is 53.9. The van der Waals surface area contributed by atoms with Crippen molar-refractivity contribution in [3.63, 3.8) is 0 Å². The fourth-order valence-corrected chi connectivity index (χ4v) is 11.0. The van der Waals surface area contributed by atoms with Crippen LogP contribution in [0.5, 0.6) is 23.0 Å². The zero-order chi connectivity index (χ0) is 65.8. The van der Waals surface area contributed by atoms with Crippen molar-refractivity contribution < 1.29 is 57.3 Å². The molecule has 0 spiro atoms. The predicted molar refractivity (Wildman–Crippen MR) is 341 cm³/mol. The van der Waals surface area contributed by atoms with Gasteiger partial charge in [-0.2, -0.15) is 0 Å². The maximum atomic E-state index is 14.9. The maximum absolute atomic E-state index is 14.9. The van der Waals surface area contributed by atoms with Crippen molar-refractivity contribution in [2.75, 3.05) is 55.6 Å². The van der Waals surface area contributed by atoms with Gasteiger partial charge in [0, 0.05) is 36.3 Å². The molecule has 8 N–H and O–H groups in total. The number of carbonyl (C=O) groups is 8. The van der Waals surface area contributed by atoms with E-state index in [1.165, 1.54) is 34.1 Å². The molecular formula is C68H88N10O12. The summed E-state index contributed by atoms with van der Waals surface area (Å²) in [5, 5.41) is 24.0. The monoisotopic (exact) mass is 1240 g/mol. The highest BCUT2D eigenvalue weighted by Crippen LogP contribution is 2.33. The number of nitrogens with one attached hydrogen (secondary N) is 8. The van der Waals surface area contributed by atoms with E-state index in [0.717, 1.165) is 22.3 Å². The van der Waals surface area contributed by atoms with Crippen LogP contribution >= 0.6 is 0 Å². The van der Waals surface area contributed by atoms with Gasteiger partial charge in [-0.15, -0.1) is 0 Å². The molecule has 0 unspecified atom stereocenters. The molecule has 2 aliphatic heterocycles. The second-order valence-electron chi connectivity index (χ2n) is 25.0. The fourth-order valence-electron chi connectivity index (χ4n) is 11.0. The molecule has 7 rings (SSSR count). The van der Waals surface area contributed by atoms with Gasteiger partial charge >= 0.3 is 0 Å². The van der Waals surface area contributed by atoms with Crippen molar-refractivity contribution in [3.05, 3.63) is 155 Å². The molecule has 0 saturated carbocycles. The molecule has 0 aromatic heterocycles. The number of rotatable bonds is 24. The van der Waals surface area contributed by atoms with Crippen molar-refractivity contribution in [2.45, 2.75) is 129 Å². The minimum Gasteiger partial charge on any atom is -0.497 e. The van der Waals surface area contributed by atoms with Crippen LogP contribution in [0.25, 0.3) is 0 Å². The molecule has 90 heavy (non-hydrogen) atoms. The van der Waals surface area contributed by atoms with E-state index in [1.54, 1.807) is 105 Å². The maximum Gasteiger partial charge on any atom is 0.251 e. The quantitative estimate of drug-likeness (QED) is 0.0394. The van der Waals surface area contributed by atoms with Crippen molar-refractivity contribution >= 4 is 47.3 Å². The molecule has 2 fully saturated rings. The highest BCUT2D eigenvalue weighted by molar-refractivity contribution is 5.99. The number of nitrogens with zero attached hydrogens (tertiary/aromatic N) is 2. The fraction of sp³-hybridized carbons (Fsp3) is 0.441. The molecule has 0 aliphatic carbocycles. The van der Waals surface area contributed by atoms with Crippen LogP contribution in [0.4, 0.5) is 0 Å². The van der Waals surface area contributed by atoms with Gasteiger partial charge in [0.05, 0.1) is 52.6 Å². The van der Waals surface area contributed by atoms with Gasteiger partial charge in [-0.1, -0.05) is 90.1 Å². The van der Waals surface area contributed by atoms with Crippen LogP contribution in [-0.2, 0) is 28.8 Å². The molecule has 5 aromatic rings. The molecule has 8 atom stereocenters. The number of hydrogen-bond donors (Lipinski definition) is 8. The minimum atomic E-state index is -1.10. The van der Waals surface area contributed by atoms with Crippen LogP contribution in [0, 0.1) is 10.8 Å².